The van der Waals surface area contributed by atoms with Gasteiger partial charge in [0.25, 0.3) is 5.91 Å². The summed E-state index contributed by atoms with van der Waals surface area (Å²) in [6.07, 6.45) is 6.63. The van der Waals surface area contributed by atoms with E-state index in [0.29, 0.717) is 24.4 Å². The van der Waals surface area contributed by atoms with Crippen molar-refractivity contribution in [1.29, 1.82) is 0 Å². The lowest BCUT2D eigenvalue weighted by Gasteiger charge is -2.32. The number of amides is 3. The predicted octanol–water partition coefficient (Wildman–Crippen LogP) is 3.22. The molecule has 9 heteroatoms. The number of nitrogens with zero attached hydrogens (tertiary/aromatic N) is 4. The maximum absolute atomic E-state index is 12.9. The van der Waals surface area contributed by atoms with Crippen LogP contribution in [0.4, 0.5) is 5.95 Å². The minimum absolute atomic E-state index is 0.135. The first kappa shape index (κ1) is 26.1. The Labute approximate surface area is 234 Å². The molecule has 2 fully saturated rings. The molecule has 0 saturated carbocycles. The standard InChI is InChI=1S/C31H34N6O3/c1-20-3-2-4-23(13-20)25-17-33-31(34-18-25)36-11-9-21(10-12-36)15-32-16-22-5-6-26-24(14-22)19-37(30(26)40)27-7-8-28(38)35-29(27)39/h2-6,13-14,17-18,21,27,32H,7-12,15-16,19H2,1H3,(H,35,38,39). The fourth-order valence-electron chi connectivity index (χ4n) is 5.95. The number of hydrogen-bond donors (Lipinski definition) is 2. The lowest BCUT2D eigenvalue weighted by molar-refractivity contribution is -0.136. The van der Waals surface area contributed by atoms with Crippen molar-refractivity contribution in [3.8, 4) is 11.1 Å². The molecule has 40 heavy (non-hydrogen) atoms. The molecule has 2 aromatic carbocycles. The van der Waals surface area contributed by atoms with Crippen LogP contribution in [-0.2, 0) is 22.7 Å². The lowest BCUT2D eigenvalue weighted by Crippen LogP contribution is -2.52. The second-order valence-electron chi connectivity index (χ2n) is 11.1. The summed E-state index contributed by atoms with van der Waals surface area (Å²) >= 11 is 0. The number of nitrogens with one attached hydrogen (secondary N) is 2. The SMILES string of the molecule is Cc1cccc(-c2cnc(N3CCC(CNCc4ccc5c(c4)CN(C4CCC(=O)NC4=O)C5=O)CC3)nc2)c1. The van der Waals surface area contributed by atoms with E-state index in [1.54, 1.807) is 4.90 Å². The molecule has 3 aliphatic rings. The summed E-state index contributed by atoms with van der Waals surface area (Å²) in [5.74, 6) is 0.592. The van der Waals surface area contributed by atoms with Crippen molar-refractivity contribution in [2.75, 3.05) is 24.5 Å². The van der Waals surface area contributed by atoms with Gasteiger partial charge in [0.15, 0.2) is 0 Å². The van der Waals surface area contributed by atoms with E-state index < -0.39 is 6.04 Å². The number of aromatic nitrogens is 2. The maximum Gasteiger partial charge on any atom is 0.255 e. The molecule has 3 aromatic rings. The van der Waals surface area contributed by atoms with Gasteiger partial charge in [-0.2, -0.15) is 0 Å². The van der Waals surface area contributed by atoms with Gasteiger partial charge in [-0.1, -0.05) is 42.0 Å². The van der Waals surface area contributed by atoms with Crippen LogP contribution in [0.1, 0.15) is 52.7 Å². The second kappa shape index (κ2) is 11.2. The number of imide groups is 1. The molecule has 4 heterocycles. The molecular formula is C31H34N6O3. The average molecular weight is 539 g/mol. The quantitative estimate of drug-likeness (QED) is 0.445. The Hall–Kier alpha value is -4.11. The largest absolute Gasteiger partial charge is 0.341 e. The summed E-state index contributed by atoms with van der Waals surface area (Å²) in [5, 5.41) is 5.95. The van der Waals surface area contributed by atoms with Gasteiger partial charge in [-0.25, -0.2) is 9.97 Å². The highest BCUT2D eigenvalue weighted by atomic mass is 16.2. The summed E-state index contributed by atoms with van der Waals surface area (Å²) < 4.78 is 0. The Balaban J connectivity index is 0.973. The Bertz CT molecular complexity index is 1430. The maximum atomic E-state index is 12.9. The topological polar surface area (TPSA) is 108 Å². The highest BCUT2D eigenvalue weighted by Crippen LogP contribution is 2.28. The van der Waals surface area contributed by atoms with Crippen molar-refractivity contribution < 1.29 is 14.4 Å². The van der Waals surface area contributed by atoms with Crippen molar-refractivity contribution in [3.05, 3.63) is 77.1 Å². The molecule has 3 amide bonds. The van der Waals surface area contributed by atoms with Gasteiger partial charge in [-0.15, -0.1) is 0 Å². The molecule has 0 aliphatic carbocycles. The smallest absolute Gasteiger partial charge is 0.255 e. The third-order valence-corrected chi connectivity index (χ3v) is 8.24. The Morgan fingerprint density at radius 1 is 0.975 bits per heavy atom. The van der Waals surface area contributed by atoms with E-state index in [-0.39, 0.29) is 24.1 Å². The fourth-order valence-corrected chi connectivity index (χ4v) is 5.95. The molecular weight excluding hydrogens is 504 g/mol. The normalized spacial score (nSPS) is 19.6. The van der Waals surface area contributed by atoms with Crippen LogP contribution in [0.15, 0.2) is 54.9 Å². The number of anilines is 1. The zero-order valence-electron chi connectivity index (χ0n) is 22.7. The van der Waals surface area contributed by atoms with Crippen molar-refractivity contribution in [2.24, 2.45) is 5.92 Å². The third-order valence-electron chi connectivity index (χ3n) is 8.24. The van der Waals surface area contributed by atoms with Gasteiger partial charge in [-0.3, -0.25) is 19.7 Å². The van der Waals surface area contributed by atoms with E-state index in [2.05, 4.69) is 62.8 Å². The van der Waals surface area contributed by atoms with Gasteiger partial charge in [0, 0.05) is 56.1 Å². The molecule has 6 rings (SSSR count). The minimum atomic E-state index is -0.582. The molecule has 1 unspecified atom stereocenters. The van der Waals surface area contributed by atoms with E-state index in [9.17, 15) is 14.4 Å². The first-order valence-electron chi connectivity index (χ1n) is 14.1. The van der Waals surface area contributed by atoms with Crippen molar-refractivity contribution in [1.82, 2.24) is 25.5 Å². The van der Waals surface area contributed by atoms with Gasteiger partial charge in [0.05, 0.1) is 0 Å². The van der Waals surface area contributed by atoms with Crippen LogP contribution in [0.3, 0.4) is 0 Å². The number of hydrogen-bond acceptors (Lipinski definition) is 7. The zero-order chi connectivity index (χ0) is 27.6. The number of rotatable bonds is 7. The first-order chi connectivity index (χ1) is 19.4. The molecule has 1 atom stereocenters. The van der Waals surface area contributed by atoms with E-state index in [1.807, 2.05) is 24.5 Å². The molecule has 0 radical (unpaired) electrons. The molecule has 0 bridgehead atoms. The monoisotopic (exact) mass is 538 g/mol. The van der Waals surface area contributed by atoms with Crippen LogP contribution in [0.25, 0.3) is 11.1 Å². The van der Waals surface area contributed by atoms with Gasteiger partial charge < -0.3 is 15.1 Å². The van der Waals surface area contributed by atoms with Crippen LogP contribution in [0, 0.1) is 12.8 Å². The summed E-state index contributed by atoms with van der Waals surface area (Å²) in [4.78, 5) is 49.8. The van der Waals surface area contributed by atoms with Gasteiger partial charge in [0.2, 0.25) is 17.8 Å². The number of carbonyl (C=O) groups excluding carboxylic acids is 3. The zero-order valence-corrected chi connectivity index (χ0v) is 22.7. The predicted molar refractivity (Wildman–Crippen MR) is 151 cm³/mol. The summed E-state index contributed by atoms with van der Waals surface area (Å²) in [6.45, 7) is 6.02. The summed E-state index contributed by atoms with van der Waals surface area (Å²) in [6, 6.07) is 13.7. The number of benzene rings is 2. The summed E-state index contributed by atoms with van der Waals surface area (Å²) in [7, 11) is 0. The van der Waals surface area contributed by atoms with Gasteiger partial charge in [-0.05, 0) is 61.4 Å². The molecule has 9 nitrogen and oxygen atoms in total. The van der Waals surface area contributed by atoms with Crippen molar-refractivity contribution in [3.63, 3.8) is 0 Å². The second-order valence-corrected chi connectivity index (χ2v) is 11.1. The Morgan fingerprint density at radius 2 is 1.77 bits per heavy atom. The number of piperidine rings is 2. The highest BCUT2D eigenvalue weighted by molar-refractivity contribution is 6.05. The van der Waals surface area contributed by atoms with E-state index in [0.717, 1.165) is 67.2 Å². The summed E-state index contributed by atoms with van der Waals surface area (Å²) in [5.41, 5.74) is 6.10. The van der Waals surface area contributed by atoms with Crippen LogP contribution in [-0.4, -0.2) is 58.3 Å². The fraction of sp³-hybridized carbons (Fsp3) is 0.387. The van der Waals surface area contributed by atoms with Crippen LogP contribution in [0.2, 0.25) is 0 Å². The number of aryl methyl sites for hydroxylation is 1. The Kier molecular flexibility index (Phi) is 7.30. The lowest BCUT2D eigenvalue weighted by atomic mass is 9.97. The van der Waals surface area contributed by atoms with E-state index in [1.165, 1.54) is 5.56 Å². The molecule has 1 aromatic heterocycles. The van der Waals surface area contributed by atoms with Crippen molar-refractivity contribution in [2.45, 2.75) is 51.7 Å². The first-order valence-corrected chi connectivity index (χ1v) is 14.1. The van der Waals surface area contributed by atoms with Gasteiger partial charge >= 0.3 is 0 Å². The third kappa shape index (κ3) is 5.47. The molecule has 0 spiro atoms. The number of fused-ring (bicyclic) bond motifs is 1. The van der Waals surface area contributed by atoms with E-state index in [4.69, 9.17) is 0 Å². The van der Waals surface area contributed by atoms with Gasteiger partial charge in [0.1, 0.15) is 6.04 Å². The van der Waals surface area contributed by atoms with Crippen LogP contribution >= 0.6 is 0 Å². The van der Waals surface area contributed by atoms with E-state index >= 15 is 0 Å². The Morgan fingerprint density at radius 3 is 2.52 bits per heavy atom. The number of carbonyl (C=O) groups is 3. The minimum Gasteiger partial charge on any atom is -0.341 e. The van der Waals surface area contributed by atoms with Crippen molar-refractivity contribution >= 4 is 23.7 Å². The highest BCUT2D eigenvalue weighted by Gasteiger charge is 2.39. The van der Waals surface area contributed by atoms with Crippen LogP contribution in [0.5, 0.6) is 0 Å². The molecule has 2 saturated heterocycles. The average Bonchev–Trinajstić information content (AvgIpc) is 3.29. The molecule has 206 valence electrons. The van der Waals surface area contributed by atoms with Crippen LogP contribution < -0.4 is 15.5 Å². The molecule has 2 N–H and O–H groups in total. The molecule has 3 aliphatic heterocycles.